The first-order chi connectivity index (χ1) is 27.0. The van der Waals surface area contributed by atoms with Crippen molar-refractivity contribution in [2.24, 2.45) is 0 Å². The summed E-state index contributed by atoms with van der Waals surface area (Å²) >= 11 is 0. The summed E-state index contributed by atoms with van der Waals surface area (Å²) in [6, 6.07) is 0. The molecule has 0 aliphatic rings. The Bertz CT molecular complexity index is 1070. The Kier molecular flexibility index (Phi) is 41.1. The maximum absolute atomic E-state index is 12.7. The first-order valence-corrected chi connectivity index (χ1v) is 22.4. The van der Waals surface area contributed by atoms with Gasteiger partial charge >= 0.3 is 17.9 Å². The largest absolute Gasteiger partial charge is 0.462 e. The van der Waals surface area contributed by atoms with Gasteiger partial charge in [0.1, 0.15) is 13.2 Å². The van der Waals surface area contributed by atoms with E-state index in [9.17, 15) is 14.4 Å². The van der Waals surface area contributed by atoms with Crippen LogP contribution in [0.1, 0.15) is 201 Å². The van der Waals surface area contributed by atoms with E-state index in [1.54, 1.807) is 0 Å². The highest BCUT2D eigenvalue weighted by Crippen LogP contribution is 2.13. The maximum atomic E-state index is 12.7. The fraction of sp³-hybridized carbons (Fsp3) is 0.694. The molecule has 55 heavy (non-hydrogen) atoms. The quantitative estimate of drug-likeness (QED) is 0.0268. The van der Waals surface area contributed by atoms with E-state index in [1.807, 2.05) is 0 Å². The van der Waals surface area contributed by atoms with Gasteiger partial charge in [0.25, 0.3) is 0 Å². The van der Waals surface area contributed by atoms with Crippen molar-refractivity contribution < 1.29 is 28.6 Å². The van der Waals surface area contributed by atoms with Gasteiger partial charge in [-0.15, -0.1) is 0 Å². The number of hydrogen-bond donors (Lipinski definition) is 0. The van der Waals surface area contributed by atoms with Crippen LogP contribution >= 0.6 is 0 Å². The zero-order chi connectivity index (χ0) is 40.1. The number of allylic oxidation sites excluding steroid dienone is 12. The van der Waals surface area contributed by atoms with E-state index in [0.717, 1.165) is 103 Å². The summed E-state index contributed by atoms with van der Waals surface area (Å²) in [5.74, 6) is -0.968. The molecule has 0 aliphatic heterocycles. The monoisotopic (exact) mass is 767 g/mol. The van der Waals surface area contributed by atoms with Crippen LogP contribution in [0.15, 0.2) is 72.9 Å². The lowest BCUT2D eigenvalue weighted by molar-refractivity contribution is -0.167. The van der Waals surface area contributed by atoms with Gasteiger partial charge in [-0.1, -0.05) is 171 Å². The van der Waals surface area contributed by atoms with Crippen LogP contribution in [-0.4, -0.2) is 37.2 Å². The minimum absolute atomic E-state index is 0.0976. The molecule has 1 atom stereocenters. The van der Waals surface area contributed by atoms with E-state index in [4.69, 9.17) is 14.2 Å². The van der Waals surface area contributed by atoms with Gasteiger partial charge in [-0.2, -0.15) is 0 Å². The van der Waals surface area contributed by atoms with Crippen molar-refractivity contribution in [1.29, 1.82) is 0 Å². The van der Waals surface area contributed by atoms with Gasteiger partial charge in [0.2, 0.25) is 0 Å². The number of ether oxygens (including phenoxy) is 3. The molecule has 1 unspecified atom stereocenters. The molecule has 0 heterocycles. The van der Waals surface area contributed by atoms with Crippen molar-refractivity contribution in [3.8, 4) is 0 Å². The SMILES string of the molecule is CC/C=C\C/C=C\C/C=C\CCCCCCC(=O)OCC(COC(=O)CCCCCCCCCCCCC)OC(=O)CCCC/C=C\C/C=C\C/C=C\CC. The molecule has 0 saturated heterocycles. The molecule has 0 fully saturated rings. The fourth-order valence-corrected chi connectivity index (χ4v) is 5.88. The van der Waals surface area contributed by atoms with E-state index in [0.29, 0.717) is 19.3 Å². The fourth-order valence-electron chi connectivity index (χ4n) is 5.88. The predicted molar refractivity (Wildman–Crippen MR) is 233 cm³/mol. The minimum atomic E-state index is -0.800. The molecule has 0 rings (SSSR count). The van der Waals surface area contributed by atoms with E-state index in [1.165, 1.54) is 51.4 Å². The van der Waals surface area contributed by atoms with Gasteiger partial charge in [-0.25, -0.2) is 0 Å². The Balaban J connectivity index is 4.47. The van der Waals surface area contributed by atoms with Gasteiger partial charge in [0.15, 0.2) is 6.10 Å². The van der Waals surface area contributed by atoms with Crippen molar-refractivity contribution in [2.75, 3.05) is 13.2 Å². The Hall–Kier alpha value is -3.15. The zero-order valence-electron chi connectivity index (χ0n) is 35.7. The second-order valence-corrected chi connectivity index (χ2v) is 14.5. The second-order valence-electron chi connectivity index (χ2n) is 14.5. The highest BCUT2D eigenvalue weighted by molar-refractivity contribution is 5.71. The molecule has 0 aromatic heterocycles. The van der Waals surface area contributed by atoms with Crippen molar-refractivity contribution in [1.82, 2.24) is 0 Å². The smallest absolute Gasteiger partial charge is 0.306 e. The standard InChI is InChI=1S/C49H82O6/c1-4-7-10-13-16-19-22-24-25-28-30-33-36-39-42-48(51)54-45-46(44-53-47(50)41-38-35-32-29-26-21-18-15-12-9-6-3)55-49(52)43-40-37-34-31-27-23-20-17-14-11-8-5-2/h7-8,10-11,16-17,19-20,24-25,27,31,46H,4-6,9,12-15,18,21-23,26,28-30,32-45H2,1-3H3/b10-7-,11-8-,19-16-,20-17-,25-24-,31-27-. The number of carbonyl (C=O) groups excluding carboxylic acids is 3. The molecule has 0 radical (unpaired) electrons. The average Bonchev–Trinajstić information content (AvgIpc) is 3.18. The molecule has 6 heteroatoms. The summed E-state index contributed by atoms with van der Waals surface area (Å²) in [6.45, 7) is 6.32. The third kappa shape index (κ3) is 41.8. The lowest BCUT2D eigenvalue weighted by Gasteiger charge is -2.18. The predicted octanol–water partition coefficient (Wildman–Crippen LogP) is 14.3. The Morgan fingerprint density at radius 1 is 0.382 bits per heavy atom. The van der Waals surface area contributed by atoms with E-state index >= 15 is 0 Å². The summed E-state index contributed by atoms with van der Waals surface area (Å²) in [6.07, 6.45) is 53.2. The topological polar surface area (TPSA) is 78.9 Å². The van der Waals surface area contributed by atoms with Gasteiger partial charge in [-0.3, -0.25) is 14.4 Å². The van der Waals surface area contributed by atoms with Crippen molar-refractivity contribution in [3.05, 3.63) is 72.9 Å². The minimum Gasteiger partial charge on any atom is -0.462 e. The molecule has 0 N–H and O–H groups in total. The third-order valence-corrected chi connectivity index (χ3v) is 9.21. The molecule has 6 nitrogen and oxygen atoms in total. The average molecular weight is 767 g/mol. The van der Waals surface area contributed by atoms with Crippen molar-refractivity contribution in [3.63, 3.8) is 0 Å². The lowest BCUT2D eigenvalue weighted by Crippen LogP contribution is -2.30. The summed E-state index contributed by atoms with van der Waals surface area (Å²) < 4.78 is 16.6. The highest BCUT2D eigenvalue weighted by Gasteiger charge is 2.19. The molecule has 0 amide bonds. The van der Waals surface area contributed by atoms with Crippen LogP contribution in [-0.2, 0) is 28.6 Å². The molecule has 0 aromatic rings. The number of carbonyl (C=O) groups is 3. The van der Waals surface area contributed by atoms with E-state index in [2.05, 4.69) is 93.7 Å². The number of esters is 3. The van der Waals surface area contributed by atoms with Crippen LogP contribution in [0.3, 0.4) is 0 Å². The van der Waals surface area contributed by atoms with Crippen LogP contribution in [0.25, 0.3) is 0 Å². The molecule has 0 spiro atoms. The Morgan fingerprint density at radius 3 is 1.15 bits per heavy atom. The van der Waals surface area contributed by atoms with Gasteiger partial charge in [0, 0.05) is 19.3 Å². The van der Waals surface area contributed by atoms with Gasteiger partial charge in [-0.05, 0) is 83.5 Å². The van der Waals surface area contributed by atoms with Crippen molar-refractivity contribution >= 4 is 17.9 Å². The first-order valence-electron chi connectivity index (χ1n) is 22.4. The third-order valence-electron chi connectivity index (χ3n) is 9.21. The highest BCUT2D eigenvalue weighted by atomic mass is 16.6. The van der Waals surface area contributed by atoms with Crippen LogP contribution in [0.2, 0.25) is 0 Å². The zero-order valence-corrected chi connectivity index (χ0v) is 35.7. The molecular weight excluding hydrogens is 685 g/mol. The number of unbranched alkanes of at least 4 members (excludes halogenated alkanes) is 16. The van der Waals surface area contributed by atoms with Crippen LogP contribution in [0.5, 0.6) is 0 Å². The molecule has 0 bridgehead atoms. The van der Waals surface area contributed by atoms with Crippen LogP contribution in [0.4, 0.5) is 0 Å². The van der Waals surface area contributed by atoms with Crippen LogP contribution in [0, 0.1) is 0 Å². The van der Waals surface area contributed by atoms with Crippen LogP contribution < -0.4 is 0 Å². The normalized spacial score (nSPS) is 12.7. The lowest BCUT2D eigenvalue weighted by atomic mass is 10.1. The molecular formula is C49H82O6. The van der Waals surface area contributed by atoms with E-state index < -0.39 is 6.10 Å². The maximum Gasteiger partial charge on any atom is 0.306 e. The molecule has 0 saturated carbocycles. The van der Waals surface area contributed by atoms with Gasteiger partial charge in [0.05, 0.1) is 0 Å². The van der Waals surface area contributed by atoms with E-state index in [-0.39, 0.29) is 37.5 Å². The molecule has 0 aliphatic carbocycles. The summed E-state index contributed by atoms with van der Waals surface area (Å²) in [5, 5.41) is 0. The summed E-state index contributed by atoms with van der Waals surface area (Å²) in [7, 11) is 0. The second kappa shape index (κ2) is 43.6. The summed E-state index contributed by atoms with van der Waals surface area (Å²) in [4.78, 5) is 37.7. The number of hydrogen-bond acceptors (Lipinski definition) is 6. The Morgan fingerprint density at radius 2 is 0.709 bits per heavy atom. The molecule has 314 valence electrons. The first kappa shape index (κ1) is 51.9. The van der Waals surface area contributed by atoms with Gasteiger partial charge < -0.3 is 14.2 Å². The Labute approximate surface area is 338 Å². The summed E-state index contributed by atoms with van der Waals surface area (Å²) in [5.41, 5.74) is 0. The van der Waals surface area contributed by atoms with Crippen molar-refractivity contribution in [2.45, 2.75) is 207 Å². The number of rotatable bonds is 39. The molecule has 0 aromatic carbocycles.